The molecule has 2 aliphatic carbocycles. The van der Waals surface area contributed by atoms with Crippen molar-refractivity contribution in [2.45, 2.75) is 51.5 Å². The summed E-state index contributed by atoms with van der Waals surface area (Å²) < 4.78 is 0. The number of rotatable bonds is 1. The molecule has 0 amide bonds. The number of nitrogens with two attached hydrogens (primary N) is 1. The minimum atomic E-state index is 0.563. The Morgan fingerprint density at radius 1 is 1.45 bits per heavy atom. The summed E-state index contributed by atoms with van der Waals surface area (Å²) in [5.41, 5.74) is 6.63. The first-order chi connectivity index (χ1) is 5.29. The van der Waals surface area contributed by atoms with E-state index in [2.05, 4.69) is 6.92 Å². The lowest BCUT2D eigenvalue weighted by molar-refractivity contribution is 0.200. The summed E-state index contributed by atoms with van der Waals surface area (Å²) in [5.74, 6) is 0.964. The average molecular weight is 153 g/mol. The Bertz CT molecular complexity index is 155. The molecule has 0 saturated heterocycles. The molecule has 2 aliphatic rings. The molecular weight excluding hydrogens is 134 g/mol. The molecule has 0 aromatic carbocycles. The second-order valence-electron chi connectivity index (χ2n) is 4.39. The van der Waals surface area contributed by atoms with Gasteiger partial charge in [-0.05, 0) is 30.6 Å². The van der Waals surface area contributed by atoms with E-state index in [9.17, 15) is 0 Å². The van der Waals surface area contributed by atoms with Crippen LogP contribution in [0.25, 0.3) is 0 Å². The molecule has 0 bridgehead atoms. The molecule has 0 aromatic rings. The number of hydrogen-bond donors (Lipinski definition) is 1. The standard InChI is InChI=1S/C10H19N/c1-2-8-5-3-4-6-10(8)7-9(10)11/h8-9H,2-7,11H2,1H3. The van der Waals surface area contributed by atoms with E-state index < -0.39 is 0 Å². The Balaban J connectivity index is 2.05. The summed E-state index contributed by atoms with van der Waals surface area (Å²) >= 11 is 0. The van der Waals surface area contributed by atoms with Crippen molar-refractivity contribution in [3.05, 3.63) is 0 Å². The Morgan fingerprint density at radius 3 is 2.64 bits per heavy atom. The molecular formula is C10H19N. The zero-order valence-electron chi connectivity index (χ0n) is 7.47. The molecule has 2 rings (SSSR count). The van der Waals surface area contributed by atoms with Crippen molar-refractivity contribution >= 4 is 0 Å². The Labute approximate surface area is 69.4 Å². The Kier molecular flexibility index (Phi) is 1.71. The second kappa shape index (κ2) is 2.48. The van der Waals surface area contributed by atoms with Crippen LogP contribution in [0, 0.1) is 11.3 Å². The molecule has 3 unspecified atom stereocenters. The predicted octanol–water partition coefficient (Wildman–Crippen LogP) is 2.30. The van der Waals surface area contributed by atoms with Gasteiger partial charge in [0.05, 0.1) is 0 Å². The largest absolute Gasteiger partial charge is 0.327 e. The molecule has 64 valence electrons. The third kappa shape index (κ3) is 1.01. The van der Waals surface area contributed by atoms with Crippen LogP contribution in [-0.4, -0.2) is 6.04 Å². The lowest BCUT2D eigenvalue weighted by atomic mass is 9.74. The molecule has 0 heterocycles. The van der Waals surface area contributed by atoms with E-state index in [-0.39, 0.29) is 0 Å². The van der Waals surface area contributed by atoms with Crippen molar-refractivity contribution in [3.63, 3.8) is 0 Å². The first-order valence-corrected chi connectivity index (χ1v) is 5.05. The molecule has 2 saturated carbocycles. The van der Waals surface area contributed by atoms with Crippen molar-refractivity contribution in [1.82, 2.24) is 0 Å². The lowest BCUT2D eigenvalue weighted by Gasteiger charge is -2.31. The molecule has 3 atom stereocenters. The van der Waals surface area contributed by atoms with E-state index in [4.69, 9.17) is 5.73 Å². The van der Waals surface area contributed by atoms with Gasteiger partial charge in [-0.1, -0.05) is 26.2 Å². The zero-order chi connectivity index (χ0) is 7.90. The summed E-state index contributed by atoms with van der Waals surface area (Å²) in [6.07, 6.45) is 8.44. The van der Waals surface area contributed by atoms with Gasteiger partial charge in [-0.3, -0.25) is 0 Å². The molecule has 1 nitrogen and oxygen atoms in total. The van der Waals surface area contributed by atoms with Crippen LogP contribution < -0.4 is 5.73 Å². The summed E-state index contributed by atoms with van der Waals surface area (Å²) in [5, 5.41) is 0. The summed E-state index contributed by atoms with van der Waals surface area (Å²) in [4.78, 5) is 0. The van der Waals surface area contributed by atoms with Crippen LogP contribution in [0.2, 0.25) is 0 Å². The maximum atomic E-state index is 6.00. The smallest absolute Gasteiger partial charge is 0.0105 e. The number of hydrogen-bond acceptors (Lipinski definition) is 1. The normalized spacial score (nSPS) is 49.6. The molecule has 1 spiro atoms. The van der Waals surface area contributed by atoms with Gasteiger partial charge >= 0.3 is 0 Å². The fraction of sp³-hybridized carbons (Fsp3) is 1.00. The minimum absolute atomic E-state index is 0.563. The van der Waals surface area contributed by atoms with E-state index in [0.29, 0.717) is 11.5 Å². The van der Waals surface area contributed by atoms with Gasteiger partial charge in [-0.2, -0.15) is 0 Å². The maximum absolute atomic E-state index is 6.00. The summed E-state index contributed by atoms with van der Waals surface area (Å²) in [6, 6.07) is 0.563. The second-order valence-corrected chi connectivity index (χ2v) is 4.39. The van der Waals surface area contributed by atoms with Crippen LogP contribution in [0.4, 0.5) is 0 Å². The maximum Gasteiger partial charge on any atom is 0.0105 e. The van der Waals surface area contributed by atoms with E-state index in [1.807, 2.05) is 0 Å². The molecule has 0 aromatic heterocycles. The topological polar surface area (TPSA) is 26.0 Å². The van der Waals surface area contributed by atoms with Gasteiger partial charge < -0.3 is 5.73 Å². The molecule has 2 fully saturated rings. The van der Waals surface area contributed by atoms with Gasteiger partial charge in [0.2, 0.25) is 0 Å². The molecule has 2 N–H and O–H groups in total. The van der Waals surface area contributed by atoms with Gasteiger partial charge in [-0.15, -0.1) is 0 Å². The third-order valence-electron chi connectivity index (χ3n) is 3.93. The zero-order valence-corrected chi connectivity index (χ0v) is 7.47. The highest BCUT2D eigenvalue weighted by Gasteiger charge is 2.56. The average Bonchev–Trinajstić information content (AvgIpc) is 2.63. The van der Waals surface area contributed by atoms with Crippen molar-refractivity contribution in [1.29, 1.82) is 0 Å². The van der Waals surface area contributed by atoms with E-state index in [0.717, 1.165) is 5.92 Å². The molecule has 1 heteroatoms. The monoisotopic (exact) mass is 153 g/mol. The Hall–Kier alpha value is -0.0400. The van der Waals surface area contributed by atoms with Crippen LogP contribution in [0.15, 0.2) is 0 Å². The van der Waals surface area contributed by atoms with Gasteiger partial charge in [0.15, 0.2) is 0 Å². The first kappa shape index (κ1) is 7.60. The van der Waals surface area contributed by atoms with Crippen LogP contribution in [0.3, 0.4) is 0 Å². The lowest BCUT2D eigenvalue weighted by Crippen LogP contribution is -2.26. The van der Waals surface area contributed by atoms with Gasteiger partial charge in [0, 0.05) is 6.04 Å². The highest BCUT2D eigenvalue weighted by atomic mass is 14.8. The van der Waals surface area contributed by atoms with Crippen molar-refractivity contribution < 1.29 is 0 Å². The van der Waals surface area contributed by atoms with Crippen molar-refractivity contribution in [2.24, 2.45) is 17.1 Å². The Morgan fingerprint density at radius 2 is 2.18 bits per heavy atom. The van der Waals surface area contributed by atoms with Crippen LogP contribution in [0.1, 0.15) is 45.4 Å². The predicted molar refractivity (Wildman–Crippen MR) is 47.3 cm³/mol. The van der Waals surface area contributed by atoms with Crippen LogP contribution in [0.5, 0.6) is 0 Å². The summed E-state index contributed by atoms with van der Waals surface area (Å²) in [6.45, 7) is 2.32. The van der Waals surface area contributed by atoms with Crippen LogP contribution in [-0.2, 0) is 0 Å². The van der Waals surface area contributed by atoms with Gasteiger partial charge in [0.1, 0.15) is 0 Å². The molecule has 11 heavy (non-hydrogen) atoms. The van der Waals surface area contributed by atoms with Crippen LogP contribution >= 0.6 is 0 Å². The molecule has 0 aliphatic heterocycles. The highest BCUT2D eigenvalue weighted by Crippen LogP contribution is 2.59. The fourth-order valence-electron chi connectivity index (χ4n) is 3.05. The van der Waals surface area contributed by atoms with E-state index >= 15 is 0 Å². The quantitative estimate of drug-likeness (QED) is 0.614. The SMILES string of the molecule is CCC1CCCCC12CC2N. The first-order valence-electron chi connectivity index (χ1n) is 5.05. The van der Waals surface area contributed by atoms with E-state index in [1.165, 1.54) is 38.5 Å². The fourth-order valence-corrected chi connectivity index (χ4v) is 3.05. The minimum Gasteiger partial charge on any atom is -0.327 e. The van der Waals surface area contributed by atoms with Crippen molar-refractivity contribution in [3.8, 4) is 0 Å². The van der Waals surface area contributed by atoms with Gasteiger partial charge in [0.25, 0.3) is 0 Å². The summed E-state index contributed by atoms with van der Waals surface area (Å²) in [7, 11) is 0. The van der Waals surface area contributed by atoms with E-state index in [1.54, 1.807) is 0 Å². The third-order valence-corrected chi connectivity index (χ3v) is 3.93. The van der Waals surface area contributed by atoms with Crippen molar-refractivity contribution in [2.75, 3.05) is 0 Å². The van der Waals surface area contributed by atoms with Gasteiger partial charge in [-0.25, -0.2) is 0 Å². The highest BCUT2D eigenvalue weighted by molar-refractivity contribution is 5.10. The molecule has 0 radical (unpaired) electrons.